The van der Waals surface area contributed by atoms with E-state index in [9.17, 15) is 4.79 Å². The lowest BCUT2D eigenvalue weighted by molar-refractivity contribution is 0.0958. The van der Waals surface area contributed by atoms with Gasteiger partial charge < -0.3 is 16.0 Å². The van der Waals surface area contributed by atoms with Crippen molar-refractivity contribution in [2.75, 3.05) is 30.3 Å². The van der Waals surface area contributed by atoms with Crippen LogP contribution in [-0.4, -0.2) is 25.5 Å². The zero-order valence-corrected chi connectivity index (χ0v) is 8.79. The van der Waals surface area contributed by atoms with Gasteiger partial charge in [-0.1, -0.05) is 0 Å². The summed E-state index contributed by atoms with van der Waals surface area (Å²) in [6.45, 7) is 4.47. The fourth-order valence-corrected chi connectivity index (χ4v) is 1.85. The van der Waals surface area contributed by atoms with Gasteiger partial charge >= 0.3 is 0 Å². The van der Waals surface area contributed by atoms with Crippen LogP contribution in [0.15, 0.2) is 18.2 Å². The second-order valence-electron chi connectivity index (χ2n) is 3.61. The van der Waals surface area contributed by atoms with Crippen LogP contribution in [0.1, 0.15) is 17.3 Å². The van der Waals surface area contributed by atoms with Gasteiger partial charge in [0.1, 0.15) is 0 Å². The number of nitrogens with zero attached hydrogens (tertiary/aromatic N) is 1. The Labute approximate surface area is 89.1 Å². The third kappa shape index (κ3) is 1.75. The van der Waals surface area contributed by atoms with Crippen molar-refractivity contribution >= 4 is 17.3 Å². The molecule has 3 N–H and O–H groups in total. The van der Waals surface area contributed by atoms with E-state index >= 15 is 0 Å². The molecule has 0 radical (unpaired) electrons. The molecule has 1 aliphatic heterocycles. The maximum absolute atomic E-state index is 11.7. The molecule has 0 saturated heterocycles. The monoisotopic (exact) mass is 205 g/mol. The summed E-state index contributed by atoms with van der Waals surface area (Å²) in [7, 11) is 0. The second-order valence-corrected chi connectivity index (χ2v) is 3.61. The molecule has 0 bridgehead atoms. The Morgan fingerprint density at radius 3 is 3.07 bits per heavy atom. The van der Waals surface area contributed by atoms with Crippen molar-refractivity contribution in [2.45, 2.75) is 6.92 Å². The number of hydrogen-bond acceptors (Lipinski definition) is 3. The minimum absolute atomic E-state index is 0.0130. The molecule has 0 atom stereocenters. The van der Waals surface area contributed by atoms with E-state index in [1.807, 2.05) is 6.07 Å². The zero-order valence-electron chi connectivity index (χ0n) is 8.79. The number of nitrogens with two attached hydrogens (primary N) is 1. The van der Waals surface area contributed by atoms with Crippen LogP contribution in [0, 0.1) is 0 Å². The minimum atomic E-state index is -0.0130. The first-order valence-electron chi connectivity index (χ1n) is 5.15. The predicted octanol–water partition coefficient (Wildman–Crippen LogP) is 0.839. The smallest absolute Gasteiger partial charge is 0.253 e. The van der Waals surface area contributed by atoms with Crippen molar-refractivity contribution in [2.24, 2.45) is 0 Å². The number of amides is 1. The number of carbonyl (C=O) groups is 1. The number of nitrogen functional groups attached to an aromatic ring is 1. The molecule has 0 aromatic heterocycles. The fraction of sp³-hybridized carbons (Fsp3) is 0.364. The number of hydrogen-bond donors (Lipinski definition) is 2. The van der Waals surface area contributed by atoms with Crippen LogP contribution in [0.25, 0.3) is 0 Å². The second kappa shape index (κ2) is 3.81. The predicted molar refractivity (Wildman–Crippen MR) is 61.1 cm³/mol. The lowest BCUT2D eigenvalue weighted by Gasteiger charge is -2.22. The number of carbonyl (C=O) groups excluding carboxylic acids is 1. The van der Waals surface area contributed by atoms with Gasteiger partial charge in [0, 0.05) is 25.3 Å². The van der Waals surface area contributed by atoms with Crippen LogP contribution in [0.4, 0.5) is 11.4 Å². The number of fused-ring (bicyclic) bond motifs is 1. The van der Waals surface area contributed by atoms with Crippen molar-refractivity contribution in [3.63, 3.8) is 0 Å². The summed E-state index contributed by atoms with van der Waals surface area (Å²) < 4.78 is 0. The summed E-state index contributed by atoms with van der Waals surface area (Å²) in [6, 6.07) is 5.41. The molecule has 1 amide bonds. The Morgan fingerprint density at radius 2 is 2.33 bits per heavy atom. The number of rotatable bonds is 1. The van der Waals surface area contributed by atoms with Crippen molar-refractivity contribution < 1.29 is 4.79 Å². The van der Waals surface area contributed by atoms with E-state index in [1.54, 1.807) is 12.1 Å². The van der Waals surface area contributed by atoms with Gasteiger partial charge in [0.2, 0.25) is 0 Å². The molecule has 1 aromatic carbocycles. The molecular weight excluding hydrogens is 190 g/mol. The highest BCUT2D eigenvalue weighted by atomic mass is 16.1. The molecule has 0 spiro atoms. The van der Waals surface area contributed by atoms with Gasteiger partial charge in [0.25, 0.3) is 5.91 Å². The number of benzene rings is 1. The number of anilines is 2. The summed E-state index contributed by atoms with van der Waals surface area (Å²) in [4.78, 5) is 13.9. The molecule has 0 saturated carbocycles. The Morgan fingerprint density at radius 1 is 1.53 bits per heavy atom. The van der Waals surface area contributed by atoms with E-state index in [2.05, 4.69) is 17.1 Å². The van der Waals surface area contributed by atoms with Gasteiger partial charge in [-0.25, -0.2) is 0 Å². The summed E-state index contributed by atoms with van der Waals surface area (Å²) in [5, 5.41) is 2.86. The summed E-state index contributed by atoms with van der Waals surface area (Å²) >= 11 is 0. The third-order valence-electron chi connectivity index (χ3n) is 2.66. The first kappa shape index (κ1) is 9.83. The van der Waals surface area contributed by atoms with Crippen molar-refractivity contribution in [1.29, 1.82) is 0 Å². The van der Waals surface area contributed by atoms with Crippen LogP contribution in [-0.2, 0) is 0 Å². The normalized spacial score (nSPS) is 15.5. The molecule has 4 nitrogen and oxygen atoms in total. The Balaban J connectivity index is 2.51. The molecule has 0 fully saturated rings. The molecule has 2 rings (SSSR count). The highest BCUT2D eigenvalue weighted by Gasteiger charge is 2.19. The molecule has 1 aliphatic rings. The molecule has 15 heavy (non-hydrogen) atoms. The zero-order chi connectivity index (χ0) is 10.8. The van der Waals surface area contributed by atoms with E-state index in [4.69, 9.17) is 5.73 Å². The maximum atomic E-state index is 11.7. The van der Waals surface area contributed by atoms with Crippen molar-refractivity contribution in [3.05, 3.63) is 23.8 Å². The molecule has 1 aromatic rings. The van der Waals surface area contributed by atoms with E-state index in [0.29, 0.717) is 17.8 Å². The van der Waals surface area contributed by atoms with Crippen molar-refractivity contribution in [1.82, 2.24) is 5.32 Å². The fourth-order valence-electron chi connectivity index (χ4n) is 1.85. The molecule has 4 heteroatoms. The highest BCUT2D eigenvalue weighted by Crippen LogP contribution is 2.24. The van der Waals surface area contributed by atoms with E-state index in [-0.39, 0.29) is 5.91 Å². The van der Waals surface area contributed by atoms with Crippen LogP contribution in [0.2, 0.25) is 0 Å². The van der Waals surface area contributed by atoms with Crippen molar-refractivity contribution in [3.8, 4) is 0 Å². The van der Waals surface area contributed by atoms with Gasteiger partial charge in [-0.2, -0.15) is 0 Å². The topological polar surface area (TPSA) is 58.4 Å². The number of nitrogens with one attached hydrogen (secondary N) is 1. The Hall–Kier alpha value is -1.71. The summed E-state index contributed by atoms with van der Waals surface area (Å²) in [6.07, 6.45) is 0. The van der Waals surface area contributed by atoms with Crippen LogP contribution in [0.5, 0.6) is 0 Å². The summed E-state index contributed by atoms with van der Waals surface area (Å²) in [5.74, 6) is -0.0130. The first-order chi connectivity index (χ1) is 7.22. The Bertz CT molecular complexity index is 389. The van der Waals surface area contributed by atoms with E-state index in [0.717, 1.165) is 18.8 Å². The maximum Gasteiger partial charge on any atom is 0.253 e. The SMILES string of the molecule is CCN1CCNC(=O)c2ccc(N)cc21. The first-order valence-corrected chi connectivity index (χ1v) is 5.15. The molecule has 80 valence electrons. The Kier molecular flexibility index (Phi) is 2.49. The van der Waals surface area contributed by atoms with Crippen LogP contribution >= 0.6 is 0 Å². The minimum Gasteiger partial charge on any atom is -0.399 e. The molecular formula is C11H15N3O. The van der Waals surface area contributed by atoms with Gasteiger partial charge in [0.05, 0.1) is 11.3 Å². The standard InChI is InChI=1S/C11H15N3O/c1-2-14-6-5-13-11(15)9-4-3-8(12)7-10(9)14/h3-4,7H,2,5-6,12H2,1H3,(H,13,15). The lowest BCUT2D eigenvalue weighted by Crippen LogP contribution is -2.29. The van der Waals surface area contributed by atoms with Crippen LogP contribution in [0.3, 0.4) is 0 Å². The largest absolute Gasteiger partial charge is 0.399 e. The van der Waals surface area contributed by atoms with Gasteiger partial charge in [0.15, 0.2) is 0 Å². The van der Waals surface area contributed by atoms with E-state index < -0.39 is 0 Å². The molecule has 0 unspecified atom stereocenters. The average Bonchev–Trinajstić information content (AvgIpc) is 2.38. The van der Waals surface area contributed by atoms with E-state index in [1.165, 1.54) is 0 Å². The summed E-state index contributed by atoms with van der Waals surface area (Å²) in [5.41, 5.74) is 8.08. The average molecular weight is 205 g/mol. The molecule has 0 aliphatic carbocycles. The van der Waals surface area contributed by atoms with Gasteiger partial charge in [-0.15, -0.1) is 0 Å². The quantitative estimate of drug-likeness (QED) is 0.668. The van der Waals surface area contributed by atoms with Crippen LogP contribution < -0.4 is 16.0 Å². The highest BCUT2D eigenvalue weighted by molar-refractivity contribution is 6.01. The number of likely N-dealkylation sites (N-methyl/N-ethyl adjacent to an activating group) is 1. The molecule has 1 heterocycles. The van der Waals surface area contributed by atoms with Gasteiger partial charge in [-0.3, -0.25) is 4.79 Å². The van der Waals surface area contributed by atoms with Gasteiger partial charge in [-0.05, 0) is 25.1 Å². The third-order valence-corrected chi connectivity index (χ3v) is 2.66. The lowest BCUT2D eigenvalue weighted by atomic mass is 10.1.